The number of carbonyl (C=O) groups is 2. The van der Waals surface area contributed by atoms with Gasteiger partial charge in [0.1, 0.15) is 0 Å². The van der Waals surface area contributed by atoms with E-state index in [1.807, 2.05) is 0 Å². The first-order valence-electron chi connectivity index (χ1n) is 3.23. The van der Waals surface area contributed by atoms with E-state index in [-0.39, 0.29) is 12.8 Å². The Hall–Kier alpha value is -1.10. The Labute approximate surface area is 63.5 Å². The number of carbonyl (C=O) groups excluding carboxylic acids is 1. The predicted molar refractivity (Wildman–Crippen MR) is 34.8 cm³/mol. The minimum absolute atomic E-state index is 0.0404. The van der Waals surface area contributed by atoms with Gasteiger partial charge in [0.25, 0.3) is 0 Å². The number of unbranched alkanes of at least 4 members (excludes halogenated alkanes) is 1. The first-order chi connectivity index (χ1) is 5.16. The molecule has 0 aromatic heterocycles. The lowest BCUT2D eigenvalue weighted by molar-refractivity contribution is -0.234. The summed E-state index contributed by atoms with van der Waals surface area (Å²) in [5.41, 5.74) is 0. The quantitative estimate of drug-likeness (QED) is 0.352. The molecule has 64 valence electrons. The second-order valence-corrected chi connectivity index (χ2v) is 2.06. The van der Waals surface area contributed by atoms with Gasteiger partial charge in [-0.2, -0.15) is 5.26 Å². The van der Waals surface area contributed by atoms with Crippen molar-refractivity contribution in [3.63, 3.8) is 0 Å². The molecule has 11 heavy (non-hydrogen) atoms. The number of hydrogen-bond acceptors (Lipinski definition) is 4. The second-order valence-electron chi connectivity index (χ2n) is 2.06. The van der Waals surface area contributed by atoms with Crippen LogP contribution in [0.25, 0.3) is 0 Å². The minimum atomic E-state index is -0.887. The summed E-state index contributed by atoms with van der Waals surface area (Å²) in [6.07, 6.45) is 0.943. The first kappa shape index (κ1) is 9.90. The summed E-state index contributed by atoms with van der Waals surface area (Å²) >= 11 is 0. The molecule has 5 heteroatoms. The Balaban J connectivity index is 3.14. The van der Waals surface area contributed by atoms with Crippen molar-refractivity contribution in [1.82, 2.24) is 0 Å². The first-order valence-corrected chi connectivity index (χ1v) is 3.23. The molecule has 0 aromatic carbocycles. The van der Waals surface area contributed by atoms with Crippen LogP contribution in [-0.4, -0.2) is 22.3 Å². The molecule has 0 saturated heterocycles. The Morgan fingerprint density at radius 3 is 2.18 bits per heavy atom. The van der Waals surface area contributed by atoms with Crippen molar-refractivity contribution < 1.29 is 24.8 Å². The zero-order chi connectivity index (χ0) is 8.69. The van der Waals surface area contributed by atoms with Gasteiger partial charge in [0, 0.05) is 12.8 Å². The molecule has 0 fully saturated rings. The van der Waals surface area contributed by atoms with Crippen LogP contribution in [0.5, 0.6) is 0 Å². The molecule has 0 aliphatic rings. The van der Waals surface area contributed by atoms with Gasteiger partial charge >= 0.3 is 11.9 Å². The van der Waals surface area contributed by atoms with Crippen LogP contribution >= 0.6 is 0 Å². The van der Waals surface area contributed by atoms with Crippen LogP contribution in [0.2, 0.25) is 0 Å². The summed E-state index contributed by atoms with van der Waals surface area (Å²) in [7, 11) is 0. The zero-order valence-corrected chi connectivity index (χ0v) is 5.95. The zero-order valence-electron chi connectivity index (χ0n) is 5.95. The Kier molecular flexibility index (Phi) is 5.10. The fourth-order valence-electron chi connectivity index (χ4n) is 0.591. The molecule has 0 unspecified atom stereocenters. The molecule has 0 rings (SSSR count). The SMILES string of the molecule is O=C(O)CCCCC(=O)OO. The molecule has 0 spiro atoms. The predicted octanol–water partition coefficient (Wildman–Crippen LogP) is 0.648. The average Bonchev–Trinajstić information content (AvgIpc) is 1.97. The van der Waals surface area contributed by atoms with Gasteiger partial charge in [-0.1, -0.05) is 0 Å². The molecule has 0 amide bonds. The molecule has 2 N–H and O–H groups in total. The van der Waals surface area contributed by atoms with Crippen LogP contribution in [0, 0.1) is 0 Å². The van der Waals surface area contributed by atoms with E-state index < -0.39 is 11.9 Å². The summed E-state index contributed by atoms with van der Waals surface area (Å²) in [4.78, 5) is 23.6. The third-order valence-corrected chi connectivity index (χ3v) is 1.12. The summed E-state index contributed by atoms with van der Waals surface area (Å²) in [5.74, 6) is -1.61. The van der Waals surface area contributed by atoms with Gasteiger partial charge in [-0.05, 0) is 12.8 Å². The van der Waals surface area contributed by atoms with Gasteiger partial charge < -0.3 is 9.99 Å². The second kappa shape index (κ2) is 5.67. The van der Waals surface area contributed by atoms with E-state index in [0.717, 1.165) is 0 Å². The third kappa shape index (κ3) is 6.79. The lowest BCUT2D eigenvalue weighted by Gasteiger charge is -1.94. The maximum Gasteiger partial charge on any atom is 0.342 e. The van der Waals surface area contributed by atoms with Crippen molar-refractivity contribution >= 4 is 11.9 Å². The van der Waals surface area contributed by atoms with Crippen molar-refractivity contribution in [2.75, 3.05) is 0 Å². The maximum absolute atomic E-state index is 10.2. The fraction of sp³-hybridized carbons (Fsp3) is 0.667. The molecule has 0 radical (unpaired) electrons. The molecule has 0 saturated carbocycles. The van der Waals surface area contributed by atoms with E-state index in [4.69, 9.17) is 10.4 Å². The van der Waals surface area contributed by atoms with Crippen LogP contribution in [0.3, 0.4) is 0 Å². The van der Waals surface area contributed by atoms with Crippen LogP contribution in [0.15, 0.2) is 0 Å². The van der Waals surface area contributed by atoms with Gasteiger partial charge in [-0.25, -0.2) is 4.79 Å². The van der Waals surface area contributed by atoms with E-state index in [2.05, 4.69) is 4.89 Å². The summed E-state index contributed by atoms with van der Waals surface area (Å²) < 4.78 is 0. The maximum atomic E-state index is 10.2. The highest BCUT2D eigenvalue weighted by Gasteiger charge is 2.02. The molecular formula is C6H10O5. The fourth-order valence-corrected chi connectivity index (χ4v) is 0.591. The number of carboxylic acids is 1. The van der Waals surface area contributed by atoms with E-state index in [0.29, 0.717) is 12.8 Å². The van der Waals surface area contributed by atoms with Crippen molar-refractivity contribution in [2.24, 2.45) is 0 Å². The molecule has 0 aliphatic heterocycles. The number of carboxylic acid groups (broad SMARTS) is 1. The number of hydrogen-bond donors (Lipinski definition) is 2. The monoisotopic (exact) mass is 162 g/mol. The van der Waals surface area contributed by atoms with Crippen molar-refractivity contribution in [2.45, 2.75) is 25.7 Å². The van der Waals surface area contributed by atoms with Crippen molar-refractivity contribution in [1.29, 1.82) is 0 Å². The van der Waals surface area contributed by atoms with Crippen molar-refractivity contribution in [3.8, 4) is 0 Å². The molecule has 0 heterocycles. The summed E-state index contributed by atoms with van der Waals surface area (Å²) in [6.45, 7) is 0. The van der Waals surface area contributed by atoms with Gasteiger partial charge in [0.15, 0.2) is 0 Å². The highest BCUT2D eigenvalue weighted by Crippen LogP contribution is 2.00. The van der Waals surface area contributed by atoms with E-state index in [1.165, 1.54) is 0 Å². The molecule has 0 atom stereocenters. The van der Waals surface area contributed by atoms with Gasteiger partial charge in [0.05, 0.1) is 0 Å². The molecule has 5 nitrogen and oxygen atoms in total. The number of rotatable bonds is 5. The third-order valence-electron chi connectivity index (χ3n) is 1.12. The normalized spacial score (nSPS) is 9.18. The largest absolute Gasteiger partial charge is 0.481 e. The van der Waals surface area contributed by atoms with E-state index >= 15 is 0 Å². The van der Waals surface area contributed by atoms with Crippen LogP contribution in [0.4, 0.5) is 0 Å². The van der Waals surface area contributed by atoms with Gasteiger partial charge in [-0.3, -0.25) is 4.79 Å². The standard InChI is InChI=1S/C6H10O5/c7-5(8)3-1-2-4-6(9)11-10/h10H,1-4H2,(H,7,8). The summed E-state index contributed by atoms with van der Waals surface area (Å²) in [5, 5.41) is 15.9. The van der Waals surface area contributed by atoms with Crippen LogP contribution in [0.1, 0.15) is 25.7 Å². The lowest BCUT2D eigenvalue weighted by Crippen LogP contribution is -2.01. The minimum Gasteiger partial charge on any atom is -0.481 e. The average molecular weight is 162 g/mol. The Morgan fingerprint density at radius 2 is 1.73 bits per heavy atom. The topological polar surface area (TPSA) is 83.8 Å². The van der Waals surface area contributed by atoms with E-state index in [9.17, 15) is 9.59 Å². The van der Waals surface area contributed by atoms with Crippen molar-refractivity contribution in [3.05, 3.63) is 0 Å². The Morgan fingerprint density at radius 1 is 1.18 bits per heavy atom. The van der Waals surface area contributed by atoms with Gasteiger partial charge in [0.2, 0.25) is 0 Å². The molecule has 0 aromatic rings. The van der Waals surface area contributed by atoms with Crippen LogP contribution in [-0.2, 0) is 14.5 Å². The highest BCUT2D eigenvalue weighted by atomic mass is 17.1. The lowest BCUT2D eigenvalue weighted by atomic mass is 10.2. The highest BCUT2D eigenvalue weighted by molar-refractivity contribution is 5.69. The van der Waals surface area contributed by atoms with Gasteiger partial charge in [-0.15, -0.1) is 0 Å². The molecule has 0 bridgehead atoms. The summed E-state index contributed by atoms with van der Waals surface area (Å²) in [6, 6.07) is 0. The smallest absolute Gasteiger partial charge is 0.342 e. The van der Waals surface area contributed by atoms with Crippen LogP contribution < -0.4 is 0 Å². The molecular weight excluding hydrogens is 152 g/mol. The Bertz CT molecular complexity index is 142. The number of aliphatic carboxylic acids is 1. The molecule has 0 aliphatic carbocycles. The van der Waals surface area contributed by atoms with E-state index in [1.54, 1.807) is 0 Å².